The van der Waals surface area contributed by atoms with Crippen LogP contribution in [0.25, 0.3) is 11.0 Å². The molecule has 1 amide bonds. The van der Waals surface area contributed by atoms with Crippen LogP contribution in [-0.4, -0.2) is 29.1 Å². The summed E-state index contributed by atoms with van der Waals surface area (Å²) < 4.78 is 55.4. The van der Waals surface area contributed by atoms with Crippen molar-refractivity contribution in [1.29, 1.82) is 0 Å². The second kappa shape index (κ2) is 8.82. The molecule has 0 saturated heterocycles. The first kappa shape index (κ1) is 23.3. The van der Waals surface area contributed by atoms with E-state index in [-0.39, 0.29) is 17.6 Å². The Hall–Kier alpha value is -3.86. The summed E-state index contributed by atoms with van der Waals surface area (Å²) in [5, 5.41) is 7.81. The van der Waals surface area contributed by atoms with Gasteiger partial charge in [-0.1, -0.05) is 0 Å². The van der Waals surface area contributed by atoms with Crippen molar-refractivity contribution in [2.75, 3.05) is 10.0 Å². The van der Waals surface area contributed by atoms with E-state index >= 15 is 0 Å². The Balaban J connectivity index is 1.50. The molecule has 2 heterocycles. The van der Waals surface area contributed by atoms with E-state index in [4.69, 9.17) is 0 Å². The molecule has 176 valence electrons. The zero-order chi connectivity index (χ0) is 24.6. The summed E-state index contributed by atoms with van der Waals surface area (Å²) in [7, 11) is -4.12. The molecule has 0 fully saturated rings. The molecule has 34 heavy (non-hydrogen) atoms. The van der Waals surface area contributed by atoms with E-state index in [0.29, 0.717) is 28.7 Å². The molecule has 8 nitrogen and oxygen atoms in total. The monoisotopic (exact) mass is 485 g/mol. The van der Waals surface area contributed by atoms with Crippen molar-refractivity contribution >= 4 is 38.3 Å². The maximum Gasteiger partial charge on any atom is 0.261 e. The second-order valence-corrected chi connectivity index (χ2v) is 9.61. The molecular formula is C23H21F2N5O3S. The van der Waals surface area contributed by atoms with Crippen molar-refractivity contribution in [1.82, 2.24) is 14.8 Å². The largest absolute Gasteiger partial charge is 0.322 e. The Morgan fingerprint density at radius 3 is 2.32 bits per heavy atom. The molecule has 4 aromatic rings. The predicted octanol–water partition coefficient (Wildman–Crippen LogP) is 4.65. The van der Waals surface area contributed by atoms with Gasteiger partial charge >= 0.3 is 0 Å². The van der Waals surface area contributed by atoms with Crippen molar-refractivity contribution in [2.24, 2.45) is 0 Å². The van der Waals surface area contributed by atoms with Gasteiger partial charge in [-0.25, -0.2) is 26.9 Å². The van der Waals surface area contributed by atoms with Crippen LogP contribution in [0.1, 0.15) is 35.9 Å². The molecule has 0 spiro atoms. The Morgan fingerprint density at radius 2 is 1.68 bits per heavy atom. The van der Waals surface area contributed by atoms with Crippen molar-refractivity contribution in [3.63, 3.8) is 0 Å². The number of pyridine rings is 1. The van der Waals surface area contributed by atoms with Gasteiger partial charge in [0.25, 0.3) is 15.9 Å². The highest BCUT2D eigenvalue weighted by Gasteiger charge is 2.18. The molecule has 0 aliphatic carbocycles. The number of halogens is 2. The normalized spacial score (nSPS) is 11.7. The van der Waals surface area contributed by atoms with E-state index in [0.717, 1.165) is 17.5 Å². The molecule has 0 unspecified atom stereocenters. The summed E-state index contributed by atoms with van der Waals surface area (Å²) in [5.41, 5.74) is 2.24. The van der Waals surface area contributed by atoms with Crippen molar-refractivity contribution in [2.45, 2.75) is 31.7 Å². The van der Waals surface area contributed by atoms with E-state index in [1.54, 1.807) is 23.9 Å². The molecule has 0 atom stereocenters. The van der Waals surface area contributed by atoms with Gasteiger partial charge in [0.1, 0.15) is 0 Å². The maximum atomic E-state index is 13.4. The van der Waals surface area contributed by atoms with E-state index in [2.05, 4.69) is 20.1 Å². The van der Waals surface area contributed by atoms with Gasteiger partial charge in [0, 0.05) is 22.8 Å². The summed E-state index contributed by atoms with van der Waals surface area (Å²) >= 11 is 0. The van der Waals surface area contributed by atoms with Crippen molar-refractivity contribution < 1.29 is 22.0 Å². The minimum absolute atomic E-state index is 0.127. The quantitative estimate of drug-likeness (QED) is 0.414. The van der Waals surface area contributed by atoms with Crippen LogP contribution in [0.4, 0.5) is 20.2 Å². The summed E-state index contributed by atoms with van der Waals surface area (Å²) in [6, 6.07) is 10.1. The number of benzene rings is 2. The molecule has 0 aliphatic rings. The van der Waals surface area contributed by atoms with Crippen LogP contribution in [-0.2, 0) is 10.0 Å². The number of fused-ring (bicyclic) bond motifs is 1. The Bertz CT molecular complexity index is 1500. The summed E-state index contributed by atoms with van der Waals surface area (Å²) in [5.74, 6) is -2.78. The summed E-state index contributed by atoms with van der Waals surface area (Å²) in [6.45, 7) is 5.72. The number of hydrogen-bond acceptors (Lipinski definition) is 5. The number of carbonyl (C=O) groups is 1. The van der Waals surface area contributed by atoms with E-state index in [9.17, 15) is 22.0 Å². The van der Waals surface area contributed by atoms with Gasteiger partial charge < -0.3 is 5.32 Å². The van der Waals surface area contributed by atoms with E-state index in [1.807, 2.05) is 13.8 Å². The Labute approximate surface area is 194 Å². The lowest BCUT2D eigenvalue weighted by Gasteiger charge is -2.11. The topological polar surface area (TPSA) is 106 Å². The summed E-state index contributed by atoms with van der Waals surface area (Å²) in [4.78, 5) is 16.9. The number of nitrogens with one attached hydrogen (secondary N) is 2. The number of carbonyl (C=O) groups excluding carboxylic acids is 1. The van der Waals surface area contributed by atoms with Crippen LogP contribution in [0.15, 0.2) is 59.6 Å². The lowest BCUT2D eigenvalue weighted by molar-refractivity contribution is 0.102. The lowest BCUT2D eigenvalue weighted by Crippen LogP contribution is -2.15. The standard InChI is InChI=1S/C23H21F2N5O3S/c1-13(2)30-22-15(12-26-30)10-19(14(3)27-22)23(31)28-16-4-6-17(7-5-16)29-34(32,33)18-8-9-20(24)21(25)11-18/h4-13,29H,1-3H3,(H,28,31). The lowest BCUT2D eigenvalue weighted by atomic mass is 10.1. The molecule has 11 heteroatoms. The van der Waals surface area contributed by atoms with Crippen LogP contribution >= 0.6 is 0 Å². The molecule has 2 aromatic carbocycles. The van der Waals surface area contributed by atoms with Crippen LogP contribution in [0.2, 0.25) is 0 Å². The Morgan fingerprint density at radius 1 is 1.00 bits per heavy atom. The highest BCUT2D eigenvalue weighted by atomic mass is 32.2. The van der Waals surface area contributed by atoms with Crippen LogP contribution in [0.3, 0.4) is 0 Å². The number of anilines is 2. The molecule has 2 N–H and O–H groups in total. The number of sulfonamides is 1. The van der Waals surface area contributed by atoms with Gasteiger partial charge in [-0.3, -0.25) is 9.52 Å². The third-order valence-corrected chi connectivity index (χ3v) is 6.47. The highest BCUT2D eigenvalue weighted by molar-refractivity contribution is 7.92. The first-order valence-electron chi connectivity index (χ1n) is 10.3. The van der Waals surface area contributed by atoms with Gasteiger partial charge in [0.2, 0.25) is 0 Å². The number of aromatic nitrogens is 3. The van der Waals surface area contributed by atoms with Gasteiger partial charge in [-0.05, 0) is 69.3 Å². The fraction of sp³-hybridized carbons (Fsp3) is 0.174. The van der Waals surface area contributed by atoms with Gasteiger partial charge in [-0.15, -0.1) is 0 Å². The molecule has 4 rings (SSSR count). The zero-order valence-electron chi connectivity index (χ0n) is 18.5. The average Bonchev–Trinajstić information content (AvgIpc) is 3.19. The smallest absolute Gasteiger partial charge is 0.261 e. The van der Waals surface area contributed by atoms with E-state index in [1.165, 1.54) is 24.3 Å². The maximum absolute atomic E-state index is 13.4. The number of rotatable bonds is 6. The average molecular weight is 486 g/mol. The molecule has 0 saturated carbocycles. The molecule has 0 radical (unpaired) electrons. The van der Waals surface area contributed by atoms with Crippen molar-refractivity contribution in [3.8, 4) is 0 Å². The number of nitrogens with zero attached hydrogens (tertiary/aromatic N) is 3. The van der Waals surface area contributed by atoms with Gasteiger partial charge in [0.05, 0.1) is 22.3 Å². The first-order valence-corrected chi connectivity index (χ1v) is 11.8. The minimum atomic E-state index is -4.12. The molecule has 2 aromatic heterocycles. The van der Waals surface area contributed by atoms with Gasteiger partial charge in [-0.2, -0.15) is 5.10 Å². The third kappa shape index (κ3) is 4.60. The summed E-state index contributed by atoms with van der Waals surface area (Å²) in [6.07, 6.45) is 1.66. The van der Waals surface area contributed by atoms with Crippen LogP contribution < -0.4 is 10.0 Å². The second-order valence-electron chi connectivity index (χ2n) is 7.93. The number of aryl methyl sites for hydroxylation is 1. The van der Waals surface area contributed by atoms with Crippen LogP contribution in [0.5, 0.6) is 0 Å². The highest BCUT2D eigenvalue weighted by Crippen LogP contribution is 2.22. The fourth-order valence-electron chi connectivity index (χ4n) is 3.35. The number of amides is 1. The molecular weight excluding hydrogens is 464 g/mol. The fourth-order valence-corrected chi connectivity index (χ4v) is 4.42. The third-order valence-electron chi connectivity index (χ3n) is 5.09. The molecule has 0 aliphatic heterocycles. The zero-order valence-corrected chi connectivity index (χ0v) is 19.3. The van der Waals surface area contributed by atoms with Crippen LogP contribution in [0, 0.1) is 18.6 Å². The van der Waals surface area contributed by atoms with Crippen molar-refractivity contribution in [3.05, 3.63) is 77.6 Å². The van der Waals surface area contributed by atoms with Gasteiger partial charge in [0.15, 0.2) is 17.3 Å². The van der Waals surface area contributed by atoms with E-state index < -0.39 is 26.6 Å². The minimum Gasteiger partial charge on any atom is -0.322 e. The first-order chi connectivity index (χ1) is 16.0. The Kier molecular flexibility index (Phi) is 6.05. The SMILES string of the molecule is Cc1nc2c(cnn2C(C)C)cc1C(=O)Nc1ccc(NS(=O)(=O)c2ccc(F)c(F)c2)cc1. The molecule has 0 bridgehead atoms. The number of hydrogen-bond donors (Lipinski definition) is 2. The predicted molar refractivity (Wildman–Crippen MR) is 124 cm³/mol.